The number of anilines is 1. The fraction of sp³-hybridized carbons (Fsp3) is 0.200. The van der Waals surface area contributed by atoms with E-state index < -0.39 is 12.0 Å². The van der Waals surface area contributed by atoms with Crippen molar-refractivity contribution in [2.75, 3.05) is 5.32 Å². The van der Waals surface area contributed by atoms with Crippen LogP contribution in [0.2, 0.25) is 0 Å². The molecule has 0 fully saturated rings. The number of pyridine rings is 1. The quantitative estimate of drug-likeness (QED) is 0.770. The fourth-order valence-electron chi connectivity index (χ4n) is 2.04. The molecule has 0 aromatic carbocycles. The minimum absolute atomic E-state index is 0.530. The second kappa shape index (κ2) is 5.69. The van der Waals surface area contributed by atoms with Crippen molar-refractivity contribution in [2.24, 2.45) is 0 Å². The third-order valence-electron chi connectivity index (χ3n) is 3.16. The SMILES string of the molecule is Cc1cc2c(NC(C)C(=O)O)nc(-c3cccnc3)nc2s1. The molecule has 0 saturated carbocycles. The normalized spacial score (nSPS) is 12.3. The lowest BCUT2D eigenvalue weighted by Gasteiger charge is -2.12. The Morgan fingerprint density at radius 1 is 1.41 bits per heavy atom. The maximum Gasteiger partial charge on any atom is 0.325 e. The van der Waals surface area contributed by atoms with Crippen LogP contribution in [0.4, 0.5) is 5.82 Å². The number of aliphatic carboxylic acids is 1. The third kappa shape index (κ3) is 2.75. The van der Waals surface area contributed by atoms with Crippen LogP contribution in [0.15, 0.2) is 30.6 Å². The zero-order chi connectivity index (χ0) is 15.7. The van der Waals surface area contributed by atoms with Crippen LogP contribution in [-0.2, 0) is 4.79 Å². The lowest BCUT2D eigenvalue weighted by molar-refractivity contribution is -0.137. The molecular weight excluding hydrogens is 300 g/mol. The van der Waals surface area contributed by atoms with E-state index in [2.05, 4.69) is 20.3 Å². The van der Waals surface area contributed by atoms with E-state index in [1.54, 1.807) is 30.7 Å². The number of aryl methyl sites for hydroxylation is 1. The molecule has 112 valence electrons. The van der Waals surface area contributed by atoms with Crippen LogP contribution in [0.1, 0.15) is 11.8 Å². The highest BCUT2D eigenvalue weighted by atomic mass is 32.1. The topological polar surface area (TPSA) is 88.0 Å². The number of nitrogens with zero attached hydrogens (tertiary/aromatic N) is 3. The van der Waals surface area contributed by atoms with Crippen LogP contribution < -0.4 is 5.32 Å². The lowest BCUT2D eigenvalue weighted by atomic mass is 10.2. The van der Waals surface area contributed by atoms with Crippen molar-refractivity contribution in [3.8, 4) is 11.4 Å². The molecule has 6 nitrogen and oxygen atoms in total. The summed E-state index contributed by atoms with van der Waals surface area (Å²) in [4.78, 5) is 26.1. The van der Waals surface area contributed by atoms with Crippen LogP contribution in [0.3, 0.4) is 0 Å². The van der Waals surface area contributed by atoms with Gasteiger partial charge in [-0.05, 0) is 32.0 Å². The highest BCUT2D eigenvalue weighted by molar-refractivity contribution is 7.18. The molecule has 0 bridgehead atoms. The van der Waals surface area contributed by atoms with Crippen molar-refractivity contribution in [3.05, 3.63) is 35.5 Å². The zero-order valence-corrected chi connectivity index (χ0v) is 12.9. The van der Waals surface area contributed by atoms with Gasteiger partial charge in [-0.25, -0.2) is 9.97 Å². The Labute approximate surface area is 130 Å². The van der Waals surface area contributed by atoms with Crippen molar-refractivity contribution in [2.45, 2.75) is 19.9 Å². The number of aromatic nitrogens is 3. The van der Waals surface area contributed by atoms with Crippen molar-refractivity contribution >= 4 is 33.3 Å². The number of carboxylic acid groups (broad SMARTS) is 1. The van der Waals surface area contributed by atoms with E-state index in [-0.39, 0.29) is 0 Å². The molecule has 0 aliphatic carbocycles. The van der Waals surface area contributed by atoms with Gasteiger partial charge in [0.25, 0.3) is 0 Å². The van der Waals surface area contributed by atoms with Crippen LogP contribution in [0, 0.1) is 6.92 Å². The van der Waals surface area contributed by atoms with Gasteiger partial charge in [0.15, 0.2) is 5.82 Å². The molecule has 0 radical (unpaired) electrons. The first-order valence-electron chi connectivity index (χ1n) is 6.72. The van der Waals surface area contributed by atoms with E-state index in [1.165, 1.54) is 0 Å². The number of thiophene rings is 1. The number of nitrogens with one attached hydrogen (secondary N) is 1. The lowest BCUT2D eigenvalue weighted by Crippen LogP contribution is -2.26. The van der Waals surface area contributed by atoms with Crippen LogP contribution >= 0.6 is 11.3 Å². The average molecular weight is 314 g/mol. The molecule has 0 amide bonds. The highest BCUT2D eigenvalue weighted by Crippen LogP contribution is 2.31. The molecule has 7 heteroatoms. The molecule has 1 unspecified atom stereocenters. The van der Waals surface area contributed by atoms with Crippen LogP contribution in [-0.4, -0.2) is 32.1 Å². The maximum absolute atomic E-state index is 11.1. The molecule has 2 N–H and O–H groups in total. The first-order chi connectivity index (χ1) is 10.5. The first kappa shape index (κ1) is 14.4. The molecule has 3 rings (SSSR count). The van der Waals surface area contributed by atoms with E-state index in [1.807, 2.05) is 25.1 Å². The van der Waals surface area contributed by atoms with Gasteiger partial charge in [0, 0.05) is 22.8 Å². The number of hydrogen-bond donors (Lipinski definition) is 2. The first-order valence-corrected chi connectivity index (χ1v) is 7.54. The van der Waals surface area contributed by atoms with E-state index in [0.717, 1.165) is 20.7 Å². The molecule has 0 spiro atoms. The molecule has 22 heavy (non-hydrogen) atoms. The van der Waals surface area contributed by atoms with Crippen LogP contribution in [0.5, 0.6) is 0 Å². The van der Waals surface area contributed by atoms with Gasteiger partial charge in [-0.2, -0.15) is 0 Å². The van der Waals surface area contributed by atoms with Gasteiger partial charge in [0.2, 0.25) is 0 Å². The van der Waals surface area contributed by atoms with Gasteiger partial charge in [-0.3, -0.25) is 9.78 Å². The molecule has 1 atom stereocenters. The summed E-state index contributed by atoms with van der Waals surface area (Å²) in [6.07, 6.45) is 3.37. The third-order valence-corrected chi connectivity index (χ3v) is 4.10. The highest BCUT2D eigenvalue weighted by Gasteiger charge is 2.16. The second-order valence-electron chi connectivity index (χ2n) is 4.92. The molecule has 3 aromatic heterocycles. The van der Waals surface area contributed by atoms with Crippen molar-refractivity contribution in [3.63, 3.8) is 0 Å². The Morgan fingerprint density at radius 3 is 2.91 bits per heavy atom. The summed E-state index contributed by atoms with van der Waals surface area (Å²) in [5, 5.41) is 12.9. The molecule has 3 heterocycles. The van der Waals surface area contributed by atoms with E-state index in [4.69, 9.17) is 5.11 Å². The standard InChI is InChI=1S/C15H14N4O2S/c1-8-6-11-13(17-9(2)15(20)21)18-12(19-14(11)22-8)10-4-3-5-16-7-10/h3-7,9H,1-2H3,(H,20,21)(H,17,18,19). The van der Waals surface area contributed by atoms with Gasteiger partial charge in [0.05, 0.1) is 5.39 Å². The summed E-state index contributed by atoms with van der Waals surface area (Å²) in [6.45, 7) is 3.57. The maximum atomic E-state index is 11.1. The Kier molecular flexibility index (Phi) is 3.72. The molecule has 0 aliphatic heterocycles. The fourth-order valence-corrected chi connectivity index (χ4v) is 2.92. The van der Waals surface area contributed by atoms with Gasteiger partial charge in [0.1, 0.15) is 16.7 Å². The summed E-state index contributed by atoms with van der Waals surface area (Å²) < 4.78 is 0. The van der Waals surface area contributed by atoms with E-state index >= 15 is 0 Å². The Hall–Kier alpha value is -2.54. The number of carboxylic acids is 1. The molecule has 3 aromatic rings. The van der Waals surface area contributed by atoms with Crippen molar-refractivity contribution in [1.82, 2.24) is 15.0 Å². The minimum Gasteiger partial charge on any atom is -0.480 e. The number of fused-ring (bicyclic) bond motifs is 1. The number of hydrogen-bond acceptors (Lipinski definition) is 6. The monoisotopic (exact) mass is 314 g/mol. The Balaban J connectivity index is 2.14. The van der Waals surface area contributed by atoms with Crippen molar-refractivity contribution < 1.29 is 9.90 Å². The largest absolute Gasteiger partial charge is 0.480 e. The molecule has 0 saturated heterocycles. The van der Waals surface area contributed by atoms with Gasteiger partial charge < -0.3 is 10.4 Å². The Morgan fingerprint density at radius 2 is 2.23 bits per heavy atom. The summed E-state index contributed by atoms with van der Waals surface area (Å²) in [6, 6.07) is 4.92. The number of carbonyl (C=O) groups is 1. The molecular formula is C15H14N4O2S. The Bertz CT molecular complexity index is 832. The van der Waals surface area contributed by atoms with Crippen LogP contribution in [0.25, 0.3) is 21.6 Å². The van der Waals surface area contributed by atoms with E-state index in [0.29, 0.717) is 11.6 Å². The van der Waals surface area contributed by atoms with Gasteiger partial charge in [-0.15, -0.1) is 11.3 Å². The summed E-state index contributed by atoms with van der Waals surface area (Å²) in [5.41, 5.74) is 0.793. The minimum atomic E-state index is -0.929. The predicted molar refractivity (Wildman–Crippen MR) is 86.1 cm³/mol. The smallest absolute Gasteiger partial charge is 0.325 e. The van der Waals surface area contributed by atoms with E-state index in [9.17, 15) is 4.79 Å². The van der Waals surface area contributed by atoms with Gasteiger partial charge >= 0.3 is 5.97 Å². The summed E-state index contributed by atoms with van der Waals surface area (Å²) in [7, 11) is 0. The second-order valence-corrected chi connectivity index (χ2v) is 6.15. The average Bonchev–Trinajstić information content (AvgIpc) is 2.88. The van der Waals surface area contributed by atoms with Crippen molar-refractivity contribution in [1.29, 1.82) is 0 Å². The number of rotatable bonds is 4. The van der Waals surface area contributed by atoms with Gasteiger partial charge in [-0.1, -0.05) is 0 Å². The summed E-state index contributed by atoms with van der Waals surface area (Å²) >= 11 is 1.55. The summed E-state index contributed by atoms with van der Waals surface area (Å²) in [5.74, 6) is 0.132. The predicted octanol–water partition coefficient (Wildman–Crippen LogP) is 2.95. The molecule has 0 aliphatic rings. The zero-order valence-electron chi connectivity index (χ0n) is 12.1.